The van der Waals surface area contributed by atoms with Gasteiger partial charge >= 0.3 is 5.97 Å². The minimum Gasteiger partial charge on any atom is -0.497 e. The van der Waals surface area contributed by atoms with Crippen LogP contribution >= 0.6 is 22.6 Å². The van der Waals surface area contributed by atoms with E-state index in [2.05, 4.69) is 64.4 Å². The Hall–Kier alpha value is -2.02. The van der Waals surface area contributed by atoms with E-state index in [-0.39, 0.29) is 11.9 Å². The first kappa shape index (κ1) is 18.8. The van der Waals surface area contributed by atoms with E-state index in [1.807, 2.05) is 19.1 Å². The lowest BCUT2D eigenvalue weighted by molar-refractivity contribution is -0.141. The van der Waals surface area contributed by atoms with E-state index in [0.717, 1.165) is 34.5 Å². The van der Waals surface area contributed by atoms with Crippen LogP contribution in [-0.2, 0) is 16.1 Å². The van der Waals surface area contributed by atoms with Crippen molar-refractivity contribution in [2.45, 2.75) is 26.3 Å². The first-order valence-corrected chi connectivity index (χ1v) is 9.53. The zero-order valence-electron chi connectivity index (χ0n) is 15.4. The SMILES string of the molecule is COC(=O)C(C)c1c(C)n(Cc2ccc(I)cc2)c2ccc(OC)cc12. The fourth-order valence-electron chi connectivity index (χ4n) is 3.43. The van der Waals surface area contributed by atoms with Crippen molar-refractivity contribution in [3.8, 4) is 5.75 Å². The van der Waals surface area contributed by atoms with E-state index in [4.69, 9.17) is 9.47 Å². The highest BCUT2D eigenvalue weighted by Crippen LogP contribution is 2.35. The standard InChI is InChI=1S/C21H22INO3/c1-13(21(24)26-4)20-14(2)23(12-15-5-7-16(22)8-6-15)19-10-9-17(25-3)11-18(19)20/h5-11,13H,12H2,1-4H3. The van der Waals surface area contributed by atoms with Crippen LogP contribution in [0.3, 0.4) is 0 Å². The van der Waals surface area contributed by atoms with Gasteiger partial charge in [0.1, 0.15) is 5.75 Å². The predicted molar refractivity (Wildman–Crippen MR) is 112 cm³/mol. The highest BCUT2D eigenvalue weighted by Gasteiger charge is 2.25. The summed E-state index contributed by atoms with van der Waals surface area (Å²) in [7, 11) is 3.08. The van der Waals surface area contributed by atoms with Gasteiger partial charge in [0.05, 0.1) is 20.1 Å². The summed E-state index contributed by atoms with van der Waals surface area (Å²) in [5, 5.41) is 1.03. The fourth-order valence-corrected chi connectivity index (χ4v) is 3.79. The van der Waals surface area contributed by atoms with Crippen molar-refractivity contribution in [3.63, 3.8) is 0 Å². The minimum atomic E-state index is -0.340. The van der Waals surface area contributed by atoms with E-state index in [9.17, 15) is 4.79 Å². The van der Waals surface area contributed by atoms with Gasteiger partial charge in [-0.25, -0.2) is 0 Å². The number of fused-ring (bicyclic) bond motifs is 1. The molecule has 0 saturated carbocycles. The maximum atomic E-state index is 12.2. The summed E-state index contributed by atoms with van der Waals surface area (Å²) in [5.41, 5.74) is 4.38. The zero-order valence-corrected chi connectivity index (χ0v) is 17.5. The number of ether oxygens (including phenoxy) is 2. The van der Waals surface area contributed by atoms with Crippen molar-refractivity contribution in [2.75, 3.05) is 14.2 Å². The van der Waals surface area contributed by atoms with E-state index >= 15 is 0 Å². The Morgan fingerprint density at radius 1 is 1.15 bits per heavy atom. The molecule has 0 radical (unpaired) electrons. The molecule has 0 spiro atoms. The number of hydrogen-bond donors (Lipinski definition) is 0. The van der Waals surface area contributed by atoms with Crippen LogP contribution in [0, 0.1) is 10.5 Å². The molecule has 3 aromatic rings. The maximum absolute atomic E-state index is 12.2. The van der Waals surface area contributed by atoms with Crippen LogP contribution in [-0.4, -0.2) is 24.8 Å². The summed E-state index contributed by atoms with van der Waals surface area (Å²) < 4.78 is 13.9. The van der Waals surface area contributed by atoms with Gasteiger partial charge in [-0.3, -0.25) is 4.79 Å². The molecule has 1 unspecified atom stereocenters. The molecule has 0 bridgehead atoms. The average molecular weight is 463 g/mol. The topological polar surface area (TPSA) is 40.5 Å². The highest BCUT2D eigenvalue weighted by molar-refractivity contribution is 14.1. The van der Waals surface area contributed by atoms with Gasteiger partial charge in [-0.2, -0.15) is 0 Å². The van der Waals surface area contributed by atoms with Gasteiger partial charge in [0.15, 0.2) is 0 Å². The third kappa shape index (κ3) is 3.45. The Morgan fingerprint density at radius 2 is 1.85 bits per heavy atom. The van der Waals surface area contributed by atoms with E-state index in [1.165, 1.54) is 16.2 Å². The van der Waals surface area contributed by atoms with Crippen LogP contribution in [0.15, 0.2) is 42.5 Å². The Morgan fingerprint density at radius 3 is 2.46 bits per heavy atom. The molecular formula is C21H22INO3. The largest absolute Gasteiger partial charge is 0.497 e. The molecule has 5 heteroatoms. The number of methoxy groups -OCH3 is 2. The molecule has 4 nitrogen and oxygen atoms in total. The molecule has 1 heterocycles. The molecule has 26 heavy (non-hydrogen) atoms. The quantitative estimate of drug-likeness (QED) is 0.400. The number of rotatable bonds is 5. The van der Waals surface area contributed by atoms with Crippen molar-refractivity contribution in [1.29, 1.82) is 0 Å². The molecule has 136 valence electrons. The Kier molecular flexibility index (Phi) is 5.55. The molecule has 0 aliphatic heterocycles. The monoisotopic (exact) mass is 463 g/mol. The van der Waals surface area contributed by atoms with Crippen LogP contribution in [0.1, 0.15) is 29.7 Å². The smallest absolute Gasteiger partial charge is 0.312 e. The van der Waals surface area contributed by atoms with Crippen LogP contribution < -0.4 is 4.74 Å². The first-order valence-electron chi connectivity index (χ1n) is 8.45. The van der Waals surface area contributed by atoms with Crippen LogP contribution in [0.5, 0.6) is 5.75 Å². The summed E-state index contributed by atoms with van der Waals surface area (Å²) >= 11 is 2.31. The Labute approximate surface area is 167 Å². The van der Waals surface area contributed by atoms with Crippen LogP contribution in [0.25, 0.3) is 10.9 Å². The fraction of sp³-hybridized carbons (Fsp3) is 0.286. The van der Waals surface area contributed by atoms with Crippen molar-refractivity contribution in [1.82, 2.24) is 4.57 Å². The normalized spacial score (nSPS) is 12.2. The number of halogens is 1. The number of carbonyl (C=O) groups excluding carboxylic acids is 1. The first-order chi connectivity index (χ1) is 12.5. The summed E-state index contributed by atoms with van der Waals surface area (Å²) in [6.07, 6.45) is 0. The molecule has 1 atom stereocenters. The van der Waals surface area contributed by atoms with Gasteiger partial charge in [0, 0.05) is 26.7 Å². The molecule has 1 aromatic heterocycles. The maximum Gasteiger partial charge on any atom is 0.312 e. The number of esters is 1. The number of nitrogens with zero attached hydrogens (tertiary/aromatic N) is 1. The third-order valence-electron chi connectivity index (χ3n) is 4.82. The van der Waals surface area contributed by atoms with Gasteiger partial charge in [-0.1, -0.05) is 12.1 Å². The molecule has 0 aliphatic rings. The van der Waals surface area contributed by atoms with Gasteiger partial charge in [0.25, 0.3) is 0 Å². The second-order valence-electron chi connectivity index (χ2n) is 6.34. The summed E-state index contributed by atoms with van der Waals surface area (Å²) in [4.78, 5) is 12.2. The number of carbonyl (C=O) groups is 1. The van der Waals surface area contributed by atoms with E-state index in [1.54, 1.807) is 7.11 Å². The van der Waals surface area contributed by atoms with Crippen molar-refractivity contribution < 1.29 is 14.3 Å². The average Bonchev–Trinajstić information content (AvgIpc) is 2.93. The van der Waals surface area contributed by atoms with Crippen LogP contribution in [0.4, 0.5) is 0 Å². The molecule has 0 N–H and O–H groups in total. The lowest BCUT2D eigenvalue weighted by Gasteiger charge is -2.12. The second kappa shape index (κ2) is 7.70. The lowest BCUT2D eigenvalue weighted by Crippen LogP contribution is -2.12. The van der Waals surface area contributed by atoms with Crippen molar-refractivity contribution >= 4 is 39.5 Å². The second-order valence-corrected chi connectivity index (χ2v) is 7.59. The zero-order chi connectivity index (χ0) is 18.8. The highest BCUT2D eigenvalue weighted by atomic mass is 127. The molecule has 0 amide bonds. The van der Waals surface area contributed by atoms with Crippen molar-refractivity contribution in [3.05, 3.63) is 62.9 Å². The molecule has 3 rings (SSSR count). The molecule has 2 aromatic carbocycles. The molecule has 0 aliphatic carbocycles. The number of hydrogen-bond acceptors (Lipinski definition) is 3. The van der Waals surface area contributed by atoms with E-state index in [0.29, 0.717) is 0 Å². The summed E-state index contributed by atoms with van der Waals surface area (Å²) in [5.74, 6) is 0.207. The minimum absolute atomic E-state index is 0.232. The Bertz CT molecular complexity index is 944. The molecule has 0 fully saturated rings. The van der Waals surface area contributed by atoms with Crippen LogP contribution in [0.2, 0.25) is 0 Å². The van der Waals surface area contributed by atoms with Crippen molar-refractivity contribution in [2.24, 2.45) is 0 Å². The van der Waals surface area contributed by atoms with Gasteiger partial charge < -0.3 is 14.0 Å². The summed E-state index contributed by atoms with van der Waals surface area (Å²) in [6.45, 7) is 4.70. The van der Waals surface area contributed by atoms with Gasteiger partial charge in [0.2, 0.25) is 0 Å². The molecular weight excluding hydrogens is 441 g/mol. The number of benzene rings is 2. The summed E-state index contributed by atoms with van der Waals surface area (Å²) in [6, 6.07) is 14.5. The third-order valence-corrected chi connectivity index (χ3v) is 5.54. The Balaban J connectivity index is 2.17. The molecule has 0 saturated heterocycles. The predicted octanol–water partition coefficient (Wildman–Crippen LogP) is 4.89. The lowest BCUT2D eigenvalue weighted by atomic mass is 9.98. The van der Waals surface area contributed by atoms with Gasteiger partial charge in [-0.15, -0.1) is 0 Å². The number of aromatic nitrogens is 1. The van der Waals surface area contributed by atoms with E-state index < -0.39 is 0 Å². The van der Waals surface area contributed by atoms with Gasteiger partial charge in [-0.05, 0) is 77.9 Å².